The van der Waals surface area contributed by atoms with Crippen LogP contribution in [0.4, 0.5) is 0 Å². The van der Waals surface area contributed by atoms with Crippen molar-refractivity contribution >= 4 is 5.97 Å². The highest BCUT2D eigenvalue weighted by Crippen LogP contribution is 2.60. The molecule has 1 heterocycles. The molecule has 4 nitrogen and oxygen atoms in total. The lowest BCUT2D eigenvalue weighted by molar-refractivity contribution is -0.00783. The number of aromatic carboxylic acids is 1. The summed E-state index contributed by atoms with van der Waals surface area (Å²) in [5, 5.41) is 16.3. The number of rotatable bonds is 2. The number of H-pyrrole nitrogens is 1. The van der Waals surface area contributed by atoms with Crippen LogP contribution in [0.1, 0.15) is 54.6 Å². The Hall–Kier alpha value is -1.32. The van der Waals surface area contributed by atoms with E-state index in [-0.39, 0.29) is 5.41 Å². The molecule has 96 valence electrons. The van der Waals surface area contributed by atoms with Crippen molar-refractivity contribution in [1.82, 2.24) is 10.2 Å². The highest BCUT2D eigenvalue weighted by molar-refractivity contribution is 5.89. The number of aromatic nitrogens is 2. The van der Waals surface area contributed by atoms with Crippen molar-refractivity contribution < 1.29 is 9.90 Å². The van der Waals surface area contributed by atoms with Gasteiger partial charge in [0.1, 0.15) is 5.56 Å². The molecule has 0 aliphatic heterocycles. The number of nitrogens with one attached hydrogen (secondary N) is 1. The Balaban J connectivity index is 1.79. The third-order valence-electron chi connectivity index (χ3n) is 5.44. The van der Waals surface area contributed by atoms with Crippen molar-refractivity contribution in [2.75, 3.05) is 0 Å². The van der Waals surface area contributed by atoms with Crippen molar-refractivity contribution in [3.63, 3.8) is 0 Å². The predicted octanol–water partition coefficient (Wildman–Crippen LogP) is 2.58. The maximum absolute atomic E-state index is 11.3. The molecule has 4 heteroatoms. The predicted molar refractivity (Wildman–Crippen MR) is 65.4 cm³/mol. The van der Waals surface area contributed by atoms with E-state index in [2.05, 4.69) is 10.2 Å². The molecule has 0 atom stereocenters. The van der Waals surface area contributed by atoms with Gasteiger partial charge in [0.05, 0.1) is 11.9 Å². The second-order valence-electron chi connectivity index (χ2n) is 6.66. The Morgan fingerprint density at radius 2 is 1.78 bits per heavy atom. The van der Waals surface area contributed by atoms with E-state index in [1.807, 2.05) is 0 Å². The van der Waals surface area contributed by atoms with Gasteiger partial charge in [-0.1, -0.05) is 0 Å². The van der Waals surface area contributed by atoms with E-state index in [9.17, 15) is 9.90 Å². The summed E-state index contributed by atoms with van der Waals surface area (Å²) in [7, 11) is 0. The minimum atomic E-state index is -0.838. The van der Waals surface area contributed by atoms with Crippen molar-refractivity contribution in [2.45, 2.75) is 43.9 Å². The summed E-state index contributed by atoms with van der Waals surface area (Å²) in [6.07, 6.45) is 9.10. The quantitative estimate of drug-likeness (QED) is 0.842. The molecule has 0 amide bonds. The van der Waals surface area contributed by atoms with Crippen molar-refractivity contribution in [3.8, 4) is 0 Å². The van der Waals surface area contributed by atoms with E-state index in [4.69, 9.17) is 0 Å². The van der Waals surface area contributed by atoms with Gasteiger partial charge >= 0.3 is 5.97 Å². The van der Waals surface area contributed by atoms with E-state index < -0.39 is 5.97 Å². The lowest BCUT2D eigenvalue weighted by Gasteiger charge is -2.56. The molecule has 0 saturated heterocycles. The van der Waals surface area contributed by atoms with Crippen LogP contribution in [0.3, 0.4) is 0 Å². The Kier molecular flexibility index (Phi) is 1.98. The van der Waals surface area contributed by atoms with E-state index in [1.165, 1.54) is 44.7 Å². The summed E-state index contributed by atoms with van der Waals surface area (Å²) in [5.74, 6) is 1.62. The van der Waals surface area contributed by atoms with Gasteiger partial charge in [0.25, 0.3) is 0 Å². The first-order chi connectivity index (χ1) is 8.66. The maximum atomic E-state index is 11.3. The maximum Gasteiger partial charge on any atom is 0.339 e. The summed E-state index contributed by atoms with van der Waals surface area (Å²) in [5.41, 5.74) is 1.41. The van der Waals surface area contributed by atoms with Gasteiger partial charge < -0.3 is 5.11 Å². The molecular formula is C14H18N2O2. The second kappa shape index (κ2) is 3.37. The SMILES string of the molecule is O=C(O)c1cn[nH]c1C12CC3CC(CC(C3)C1)C2. The normalized spacial score (nSPS) is 41.2. The molecule has 0 radical (unpaired) electrons. The van der Waals surface area contributed by atoms with Crippen molar-refractivity contribution in [1.29, 1.82) is 0 Å². The zero-order valence-electron chi connectivity index (χ0n) is 10.4. The molecule has 4 bridgehead atoms. The summed E-state index contributed by atoms with van der Waals surface area (Å²) in [4.78, 5) is 11.3. The Morgan fingerprint density at radius 1 is 1.22 bits per heavy atom. The minimum Gasteiger partial charge on any atom is -0.478 e. The molecule has 0 unspecified atom stereocenters. The van der Waals surface area contributed by atoms with Gasteiger partial charge in [-0.3, -0.25) is 5.10 Å². The van der Waals surface area contributed by atoms with Crippen LogP contribution in [0.2, 0.25) is 0 Å². The number of hydrogen-bond acceptors (Lipinski definition) is 2. The molecule has 4 saturated carbocycles. The average Bonchev–Trinajstić information content (AvgIpc) is 2.76. The number of carbonyl (C=O) groups is 1. The largest absolute Gasteiger partial charge is 0.478 e. The number of carboxylic acid groups (broad SMARTS) is 1. The topological polar surface area (TPSA) is 66.0 Å². The van der Waals surface area contributed by atoms with E-state index >= 15 is 0 Å². The van der Waals surface area contributed by atoms with Gasteiger partial charge in [-0.2, -0.15) is 5.10 Å². The van der Waals surface area contributed by atoms with Gasteiger partial charge in [0.15, 0.2) is 0 Å². The summed E-state index contributed by atoms with van der Waals surface area (Å²) in [6.45, 7) is 0. The third-order valence-corrected chi connectivity index (χ3v) is 5.44. The van der Waals surface area contributed by atoms with Gasteiger partial charge in [0, 0.05) is 5.41 Å². The van der Waals surface area contributed by atoms with Crippen LogP contribution in [0.15, 0.2) is 6.20 Å². The fourth-order valence-corrected chi connectivity index (χ4v) is 5.27. The highest BCUT2D eigenvalue weighted by Gasteiger charge is 2.53. The summed E-state index contributed by atoms with van der Waals surface area (Å²) < 4.78 is 0. The number of carboxylic acids is 1. The number of nitrogens with zero attached hydrogens (tertiary/aromatic N) is 1. The molecule has 0 aromatic carbocycles. The first-order valence-corrected chi connectivity index (χ1v) is 6.93. The fraction of sp³-hybridized carbons (Fsp3) is 0.714. The van der Waals surface area contributed by atoms with Crippen LogP contribution >= 0.6 is 0 Å². The third kappa shape index (κ3) is 1.32. The standard InChI is InChI=1S/C14H18N2O2/c17-13(18)11-7-15-16-12(11)14-4-8-1-9(5-14)3-10(2-8)6-14/h7-10H,1-6H2,(H,15,16)(H,17,18). The zero-order valence-corrected chi connectivity index (χ0v) is 10.4. The van der Waals surface area contributed by atoms with E-state index in [0.717, 1.165) is 23.4 Å². The molecular weight excluding hydrogens is 228 g/mol. The molecule has 4 fully saturated rings. The molecule has 4 aliphatic rings. The monoisotopic (exact) mass is 246 g/mol. The van der Waals surface area contributed by atoms with Crippen LogP contribution in [0.5, 0.6) is 0 Å². The fourth-order valence-electron chi connectivity index (χ4n) is 5.27. The molecule has 18 heavy (non-hydrogen) atoms. The molecule has 5 rings (SSSR count). The van der Waals surface area contributed by atoms with Crippen molar-refractivity contribution in [3.05, 3.63) is 17.5 Å². The van der Waals surface area contributed by atoms with Crippen LogP contribution < -0.4 is 0 Å². The Labute approximate surface area is 106 Å². The van der Waals surface area contributed by atoms with Crippen LogP contribution in [-0.2, 0) is 5.41 Å². The van der Waals surface area contributed by atoms with E-state index in [0.29, 0.717) is 5.56 Å². The first-order valence-electron chi connectivity index (χ1n) is 6.93. The number of hydrogen-bond donors (Lipinski definition) is 2. The lowest BCUT2D eigenvalue weighted by atomic mass is 9.48. The Bertz CT molecular complexity index is 470. The average molecular weight is 246 g/mol. The summed E-state index contributed by atoms with van der Waals surface area (Å²) in [6, 6.07) is 0. The minimum absolute atomic E-state index is 0.0962. The van der Waals surface area contributed by atoms with Crippen molar-refractivity contribution in [2.24, 2.45) is 17.8 Å². The van der Waals surface area contributed by atoms with Gasteiger partial charge in [-0.25, -0.2) is 4.79 Å². The zero-order chi connectivity index (χ0) is 12.3. The Morgan fingerprint density at radius 3 is 2.28 bits per heavy atom. The summed E-state index contributed by atoms with van der Waals surface area (Å²) >= 11 is 0. The molecule has 0 spiro atoms. The smallest absolute Gasteiger partial charge is 0.339 e. The second-order valence-corrected chi connectivity index (χ2v) is 6.66. The van der Waals surface area contributed by atoms with E-state index in [1.54, 1.807) is 0 Å². The lowest BCUT2D eigenvalue weighted by Crippen LogP contribution is -2.49. The van der Waals surface area contributed by atoms with Gasteiger partial charge in [-0.15, -0.1) is 0 Å². The molecule has 1 aromatic heterocycles. The van der Waals surface area contributed by atoms with Gasteiger partial charge in [0.2, 0.25) is 0 Å². The van der Waals surface area contributed by atoms with Crippen LogP contribution in [0, 0.1) is 17.8 Å². The highest BCUT2D eigenvalue weighted by atomic mass is 16.4. The van der Waals surface area contributed by atoms with Crippen LogP contribution in [-0.4, -0.2) is 21.3 Å². The number of aromatic amines is 1. The van der Waals surface area contributed by atoms with Gasteiger partial charge in [-0.05, 0) is 56.3 Å². The molecule has 2 N–H and O–H groups in total. The van der Waals surface area contributed by atoms with Crippen LogP contribution in [0.25, 0.3) is 0 Å². The molecule has 4 aliphatic carbocycles. The molecule has 1 aromatic rings. The first kappa shape index (κ1) is 10.6.